The molecule has 0 bridgehead atoms. The van der Waals surface area contributed by atoms with Gasteiger partial charge in [0.15, 0.2) is 0 Å². The van der Waals surface area contributed by atoms with Crippen molar-refractivity contribution < 1.29 is 14.3 Å². The molecule has 1 aliphatic heterocycles. The second-order valence-corrected chi connectivity index (χ2v) is 9.77. The van der Waals surface area contributed by atoms with Crippen LogP contribution in [0.25, 0.3) is 0 Å². The Balaban J connectivity index is 1.59. The number of nitrogens with one attached hydrogen (secondary N) is 1. The quantitative estimate of drug-likeness (QED) is 0.544. The van der Waals surface area contributed by atoms with Gasteiger partial charge in [-0.3, -0.25) is 0 Å². The molecule has 8 heteroatoms. The number of ether oxygens (including phenoxy) is 2. The molecule has 2 aromatic rings. The highest BCUT2D eigenvalue weighted by Crippen LogP contribution is 2.33. The largest absolute Gasteiger partial charge is 0.496 e. The normalized spacial score (nSPS) is 14.4. The molecule has 0 radical (unpaired) electrons. The van der Waals surface area contributed by atoms with E-state index < -0.39 is 5.60 Å². The molecule has 0 spiro atoms. The van der Waals surface area contributed by atoms with Crippen LogP contribution in [0.15, 0.2) is 51.8 Å². The topological polar surface area (TPSA) is 54.0 Å². The molecule has 0 saturated carbocycles. The van der Waals surface area contributed by atoms with Gasteiger partial charge in [0, 0.05) is 42.0 Å². The standard InChI is InChI=1S/C22H28BrN3O3S/c1-22(2,3)29-21(27)26-12-10-25(11-13-26)18-7-5-6-17(15-18)24-30-20-14-16(23)8-9-19(20)28-4/h5-9,14-15,24H,10-13H2,1-4H3. The minimum atomic E-state index is -0.469. The van der Waals surface area contributed by atoms with Crippen molar-refractivity contribution in [3.05, 3.63) is 46.9 Å². The van der Waals surface area contributed by atoms with Crippen LogP contribution in [-0.2, 0) is 4.74 Å². The van der Waals surface area contributed by atoms with Gasteiger partial charge in [-0.05, 0) is 69.1 Å². The summed E-state index contributed by atoms with van der Waals surface area (Å²) in [4.78, 5) is 17.3. The van der Waals surface area contributed by atoms with Gasteiger partial charge in [-0.15, -0.1) is 0 Å². The maximum absolute atomic E-state index is 12.3. The highest BCUT2D eigenvalue weighted by Gasteiger charge is 2.26. The first-order chi connectivity index (χ1) is 14.2. The summed E-state index contributed by atoms with van der Waals surface area (Å²) in [6.45, 7) is 8.52. The van der Waals surface area contributed by atoms with E-state index in [2.05, 4.69) is 37.7 Å². The van der Waals surface area contributed by atoms with E-state index in [0.717, 1.165) is 39.6 Å². The lowest BCUT2D eigenvalue weighted by Gasteiger charge is -2.36. The van der Waals surface area contributed by atoms with Crippen molar-refractivity contribution in [1.29, 1.82) is 0 Å². The zero-order valence-electron chi connectivity index (χ0n) is 17.8. The van der Waals surface area contributed by atoms with Gasteiger partial charge < -0.3 is 24.0 Å². The van der Waals surface area contributed by atoms with Crippen LogP contribution in [-0.4, -0.2) is 49.9 Å². The zero-order chi connectivity index (χ0) is 21.7. The molecule has 1 aliphatic rings. The van der Waals surface area contributed by atoms with E-state index in [9.17, 15) is 4.79 Å². The van der Waals surface area contributed by atoms with Gasteiger partial charge in [-0.2, -0.15) is 0 Å². The van der Waals surface area contributed by atoms with Crippen LogP contribution >= 0.6 is 27.9 Å². The van der Waals surface area contributed by atoms with Crippen LogP contribution in [0, 0.1) is 0 Å². The maximum Gasteiger partial charge on any atom is 0.410 e. The van der Waals surface area contributed by atoms with Crippen molar-refractivity contribution in [2.45, 2.75) is 31.3 Å². The Kier molecular flexibility index (Phi) is 7.41. The van der Waals surface area contributed by atoms with Crippen LogP contribution in [0.1, 0.15) is 20.8 Å². The summed E-state index contributed by atoms with van der Waals surface area (Å²) in [5.74, 6) is 0.824. The SMILES string of the molecule is COc1ccc(Br)cc1SNc1cccc(N2CCN(C(=O)OC(C)(C)C)CC2)c1. The van der Waals surface area contributed by atoms with Gasteiger partial charge in [-0.1, -0.05) is 22.0 Å². The average Bonchev–Trinajstić information content (AvgIpc) is 2.71. The molecule has 3 rings (SSSR count). The fourth-order valence-corrected chi connectivity index (χ4v) is 4.39. The van der Waals surface area contributed by atoms with E-state index in [1.807, 2.05) is 51.1 Å². The van der Waals surface area contributed by atoms with Gasteiger partial charge >= 0.3 is 6.09 Å². The molecule has 1 saturated heterocycles. The summed E-state index contributed by atoms with van der Waals surface area (Å²) < 4.78 is 15.3. The van der Waals surface area contributed by atoms with E-state index in [1.54, 1.807) is 12.0 Å². The number of anilines is 2. The fourth-order valence-electron chi connectivity index (χ4n) is 3.08. The number of benzene rings is 2. The van der Waals surface area contributed by atoms with Crippen molar-refractivity contribution in [1.82, 2.24) is 4.90 Å². The van der Waals surface area contributed by atoms with Crippen LogP contribution in [0.3, 0.4) is 0 Å². The predicted octanol–water partition coefficient (Wildman–Crippen LogP) is 5.63. The monoisotopic (exact) mass is 493 g/mol. The fraction of sp³-hybridized carbons (Fsp3) is 0.409. The number of methoxy groups -OCH3 is 1. The Morgan fingerprint density at radius 3 is 2.50 bits per heavy atom. The van der Waals surface area contributed by atoms with Crippen molar-refractivity contribution >= 4 is 45.3 Å². The predicted molar refractivity (Wildman–Crippen MR) is 127 cm³/mol. The first-order valence-electron chi connectivity index (χ1n) is 9.84. The van der Waals surface area contributed by atoms with Crippen LogP contribution in [0.2, 0.25) is 0 Å². The first kappa shape index (κ1) is 22.6. The van der Waals surface area contributed by atoms with E-state index in [-0.39, 0.29) is 6.09 Å². The molecule has 0 atom stereocenters. The lowest BCUT2D eigenvalue weighted by molar-refractivity contribution is 0.0240. The van der Waals surface area contributed by atoms with E-state index in [1.165, 1.54) is 11.9 Å². The van der Waals surface area contributed by atoms with Gasteiger partial charge in [0.2, 0.25) is 0 Å². The van der Waals surface area contributed by atoms with Crippen LogP contribution < -0.4 is 14.4 Å². The molecule has 0 aromatic heterocycles. The summed E-state index contributed by atoms with van der Waals surface area (Å²) in [7, 11) is 1.67. The third kappa shape index (κ3) is 6.22. The third-order valence-electron chi connectivity index (χ3n) is 4.55. The number of amides is 1. The molecule has 1 fully saturated rings. The van der Waals surface area contributed by atoms with E-state index >= 15 is 0 Å². The minimum Gasteiger partial charge on any atom is -0.496 e. The van der Waals surface area contributed by atoms with E-state index in [0.29, 0.717) is 13.1 Å². The number of carbonyl (C=O) groups is 1. The smallest absolute Gasteiger partial charge is 0.410 e. The Bertz CT molecular complexity index is 880. The molecule has 1 heterocycles. The molecule has 0 unspecified atom stereocenters. The summed E-state index contributed by atoms with van der Waals surface area (Å²) in [5, 5.41) is 0. The second kappa shape index (κ2) is 9.83. The third-order valence-corrected chi connectivity index (χ3v) is 5.92. The summed E-state index contributed by atoms with van der Waals surface area (Å²) in [6, 6.07) is 14.2. The van der Waals surface area contributed by atoms with Crippen molar-refractivity contribution in [2.75, 3.05) is 42.9 Å². The molecule has 6 nitrogen and oxygen atoms in total. The number of carbonyl (C=O) groups excluding carboxylic acids is 1. The summed E-state index contributed by atoms with van der Waals surface area (Å²) in [6.07, 6.45) is -0.239. The Morgan fingerprint density at radius 1 is 1.10 bits per heavy atom. The number of hydrogen-bond donors (Lipinski definition) is 1. The molecule has 30 heavy (non-hydrogen) atoms. The highest BCUT2D eigenvalue weighted by molar-refractivity contribution is 9.10. The Morgan fingerprint density at radius 2 is 1.83 bits per heavy atom. The molecule has 1 N–H and O–H groups in total. The van der Waals surface area contributed by atoms with Crippen molar-refractivity contribution in [2.24, 2.45) is 0 Å². The first-order valence-corrected chi connectivity index (χ1v) is 11.5. The second-order valence-electron chi connectivity index (χ2n) is 8.00. The molecule has 162 valence electrons. The number of piperazine rings is 1. The molecular formula is C22H28BrN3O3S. The maximum atomic E-state index is 12.3. The minimum absolute atomic E-state index is 0.239. The molecule has 0 aliphatic carbocycles. The highest BCUT2D eigenvalue weighted by atomic mass is 79.9. The molecule has 2 aromatic carbocycles. The zero-order valence-corrected chi connectivity index (χ0v) is 20.2. The van der Waals surface area contributed by atoms with Crippen LogP contribution in [0.4, 0.5) is 16.2 Å². The Hall–Kier alpha value is -2.06. The van der Waals surface area contributed by atoms with Crippen molar-refractivity contribution in [3.8, 4) is 5.75 Å². The lowest BCUT2D eigenvalue weighted by Crippen LogP contribution is -2.50. The number of nitrogens with zero attached hydrogens (tertiary/aromatic N) is 2. The van der Waals surface area contributed by atoms with Crippen LogP contribution in [0.5, 0.6) is 5.75 Å². The lowest BCUT2D eigenvalue weighted by atomic mass is 10.2. The molecular weight excluding hydrogens is 466 g/mol. The van der Waals surface area contributed by atoms with Gasteiger partial charge in [0.1, 0.15) is 11.4 Å². The van der Waals surface area contributed by atoms with Crippen molar-refractivity contribution in [3.63, 3.8) is 0 Å². The number of halogens is 1. The summed E-state index contributed by atoms with van der Waals surface area (Å²) >= 11 is 5.02. The van der Waals surface area contributed by atoms with Gasteiger partial charge in [0.05, 0.1) is 12.0 Å². The number of hydrogen-bond acceptors (Lipinski definition) is 6. The van der Waals surface area contributed by atoms with Gasteiger partial charge in [-0.25, -0.2) is 4.79 Å². The van der Waals surface area contributed by atoms with E-state index in [4.69, 9.17) is 9.47 Å². The number of rotatable bonds is 5. The summed E-state index contributed by atoms with van der Waals surface area (Å²) in [5.41, 5.74) is 1.67. The average molecular weight is 494 g/mol. The Labute approximate surface area is 191 Å². The molecule has 1 amide bonds. The van der Waals surface area contributed by atoms with Gasteiger partial charge in [0.25, 0.3) is 0 Å².